The molecule has 2 aromatic carbocycles. The molecule has 1 aromatic heterocycles. The van der Waals surface area contributed by atoms with E-state index in [-0.39, 0.29) is 0 Å². The minimum atomic E-state index is 0.691. The maximum atomic E-state index is 4.40. The van der Waals surface area contributed by atoms with Gasteiger partial charge in [-0.05, 0) is 24.6 Å². The Balaban J connectivity index is 1.85. The molecule has 3 aromatic rings. The third-order valence-corrected chi connectivity index (χ3v) is 5.13. The summed E-state index contributed by atoms with van der Waals surface area (Å²) < 4.78 is 3.20. The Hall–Kier alpha value is -1.85. The number of nitrogens with zero attached hydrogens (tertiary/aromatic N) is 3. The molecular formula is C19H18BrN3S. The van der Waals surface area contributed by atoms with Crippen molar-refractivity contribution in [3.05, 3.63) is 76.8 Å². The molecule has 0 fully saturated rings. The highest BCUT2D eigenvalue weighted by Crippen LogP contribution is 2.27. The Morgan fingerprint density at radius 3 is 2.67 bits per heavy atom. The molecule has 0 radical (unpaired) electrons. The number of hydrogen-bond donors (Lipinski definition) is 0. The molecule has 3 nitrogen and oxygen atoms in total. The third-order valence-electron chi connectivity index (χ3n) is 3.60. The first kappa shape index (κ1) is 17.0. The molecule has 0 N–H and O–H groups in total. The predicted molar refractivity (Wildman–Crippen MR) is 104 cm³/mol. The Morgan fingerprint density at radius 2 is 1.96 bits per heavy atom. The second-order valence-corrected chi connectivity index (χ2v) is 7.35. The molecule has 0 atom stereocenters. The van der Waals surface area contributed by atoms with Crippen molar-refractivity contribution >= 4 is 27.7 Å². The van der Waals surface area contributed by atoms with Gasteiger partial charge in [0.25, 0.3) is 0 Å². The normalized spacial score (nSPS) is 10.8. The highest BCUT2D eigenvalue weighted by Gasteiger charge is 2.13. The topological polar surface area (TPSA) is 30.7 Å². The van der Waals surface area contributed by atoms with Crippen molar-refractivity contribution < 1.29 is 0 Å². The zero-order chi connectivity index (χ0) is 16.9. The molecule has 0 saturated heterocycles. The van der Waals surface area contributed by atoms with Gasteiger partial charge in [0.15, 0.2) is 11.0 Å². The maximum Gasteiger partial charge on any atom is 0.192 e. The molecule has 0 unspecified atom stereocenters. The molecule has 0 aliphatic heterocycles. The number of thioether (sulfide) groups is 1. The first-order valence-electron chi connectivity index (χ1n) is 7.66. The maximum absolute atomic E-state index is 4.40. The zero-order valence-electron chi connectivity index (χ0n) is 13.4. The van der Waals surface area contributed by atoms with Crippen molar-refractivity contribution in [2.75, 3.05) is 0 Å². The van der Waals surface area contributed by atoms with Gasteiger partial charge in [0.1, 0.15) is 0 Å². The van der Waals surface area contributed by atoms with Crippen LogP contribution in [0.5, 0.6) is 0 Å². The fourth-order valence-corrected chi connectivity index (χ4v) is 3.72. The van der Waals surface area contributed by atoms with Crippen molar-refractivity contribution in [1.29, 1.82) is 0 Å². The number of benzene rings is 2. The Labute approximate surface area is 154 Å². The summed E-state index contributed by atoms with van der Waals surface area (Å²) in [5, 5.41) is 9.69. The van der Waals surface area contributed by atoms with E-state index in [0.29, 0.717) is 6.54 Å². The molecule has 5 heteroatoms. The minimum absolute atomic E-state index is 0.691. The number of hydrogen-bond acceptors (Lipinski definition) is 3. The van der Waals surface area contributed by atoms with Crippen LogP contribution in [-0.2, 0) is 12.3 Å². The fraction of sp³-hybridized carbons (Fsp3) is 0.158. The Bertz CT molecular complexity index is 840. The van der Waals surface area contributed by atoms with E-state index >= 15 is 0 Å². The number of aryl methyl sites for hydroxylation is 1. The number of allylic oxidation sites excluding steroid dienone is 1. The van der Waals surface area contributed by atoms with Crippen molar-refractivity contribution in [3.8, 4) is 11.4 Å². The Morgan fingerprint density at radius 1 is 1.17 bits per heavy atom. The lowest BCUT2D eigenvalue weighted by molar-refractivity contribution is 0.731. The second kappa shape index (κ2) is 7.81. The summed E-state index contributed by atoms with van der Waals surface area (Å²) in [6.07, 6.45) is 1.88. The summed E-state index contributed by atoms with van der Waals surface area (Å²) in [7, 11) is 0. The number of aromatic nitrogens is 3. The van der Waals surface area contributed by atoms with Gasteiger partial charge in [-0.15, -0.1) is 16.8 Å². The van der Waals surface area contributed by atoms with Gasteiger partial charge >= 0.3 is 0 Å². The van der Waals surface area contributed by atoms with Crippen molar-refractivity contribution in [3.63, 3.8) is 0 Å². The van der Waals surface area contributed by atoms with Gasteiger partial charge in [0.2, 0.25) is 0 Å². The van der Waals surface area contributed by atoms with Gasteiger partial charge in [0.05, 0.1) is 0 Å². The molecule has 122 valence electrons. The molecule has 0 aliphatic carbocycles. The van der Waals surface area contributed by atoms with Gasteiger partial charge in [-0.3, -0.25) is 4.57 Å². The molecule has 24 heavy (non-hydrogen) atoms. The molecule has 0 bridgehead atoms. The smallest absolute Gasteiger partial charge is 0.192 e. The monoisotopic (exact) mass is 399 g/mol. The quantitative estimate of drug-likeness (QED) is 0.405. The molecule has 0 amide bonds. The molecule has 0 saturated carbocycles. The molecule has 0 aliphatic rings. The van der Waals surface area contributed by atoms with E-state index in [1.165, 1.54) is 11.1 Å². The summed E-state index contributed by atoms with van der Waals surface area (Å²) in [4.78, 5) is 0. The average molecular weight is 400 g/mol. The van der Waals surface area contributed by atoms with Gasteiger partial charge in [-0.1, -0.05) is 75.7 Å². The SMILES string of the molecule is C=CCn1c(SCc2cccc(Br)c2)nnc1-c1ccc(C)cc1. The van der Waals surface area contributed by atoms with E-state index in [1.807, 2.05) is 18.2 Å². The second-order valence-electron chi connectivity index (χ2n) is 5.49. The summed E-state index contributed by atoms with van der Waals surface area (Å²) in [6, 6.07) is 16.7. The number of halogens is 1. The van der Waals surface area contributed by atoms with E-state index in [4.69, 9.17) is 0 Å². The van der Waals surface area contributed by atoms with Crippen LogP contribution >= 0.6 is 27.7 Å². The first-order chi connectivity index (χ1) is 11.7. The molecule has 3 rings (SSSR count). The van der Waals surface area contributed by atoms with Crippen molar-refractivity contribution in [2.45, 2.75) is 24.4 Å². The lowest BCUT2D eigenvalue weighted by Gasteiger charge is -2.08. The standard InChI is InChI=1S/C19H18BrN3S/c1-3-11-23-18(16-9-7-14(2)8-10-16)21-22-19(23)24-13-15-5-4-6-17(20)12-15/h3-10,12H,1,11,13H2,2H3. The van der Waals surface area contributed by atoms with Crippen molar-refractivity contribution in [2.24, 2.45) is 0 Å². The van der Waals surface area contributed by atoms with E-state index in [9.17, 15) is 0 Å². The van der Waals surface area contributed by atoms with Crippen LogP contribution in [0.25, 0.3) is 11.4 Å². The van der Waals surface area contributed by atoms with Crippen LogP contribution in [0.2, 0.25) is 0 Å². The van der Waals surface area contributed by atoms with Gasteiger partial charge in [0, 0.05) is 22.3 Å². The van der Waals surface area contributed by atoms with Crippen LogP contribution in [0.3, 0.4) is 0 Å². The molecular weight excluding hydrogens is 382 g/mol. The van der Waals surface area contributed by atoms with E-state index in [0.717, 1.165) is 26.8 Å². The third kappa shape index (κ3) is 3.97. The molecule has 1 heterocycles. The Kier molecular flexibility index (Phi) is 5.53. The van der Waals surface area contributed by atoms with Gasteiger partial charge in [-0.25, -0.2) is 0 Å². The summed E-state index contributed by atoms with van der Waals surface area (Å²) in [5.74, 6) is 1.73. The summed E-state index contributed by atoms with van der Waals surface area (Å²) in [5.41, 5.74) is 3.56. The van der Waals surface area contributed by atoms with E-state index in [1.54, 1.807) is 11.8 Å². The van der Waals surface area contributed by atoms with Crippen LogP contribution in [0.1, 0.15) is 11.1 Å². The van der Waals surface area contributed by atoms with Crippen LogP contribution in [-0.4, -0.2) is 14.8 Å². The van der Waals surface area contributed by atoms with E-state index < -0.39 is 0 Å². The first-order valence-corrected chi connectivity index (χ1v) is 9.43. The van der Waals surface area contributed by atoms with Crippen LogP contribution in [0.15, 0.2) is 70.8 Å². The lowest BCUT2D eigenvalue weighted by Crippen LogP contribution is -2.00. The van der Waals surface area contributed by atoms with Crippen molar-refractivity contribution in [1.82, 2.24) is 14.8 Å². The largest absolute Gasteiger partial charge is 0.298 e. The van der Waals surface area contributed by atoms with Gasteiger partial charge in [-0.2, -0.15) is 0 Å². The van der Waals surface area contributed by atoms with E-state index in [2.05, 4.69) is 80.6 Å². The highest BCUT2D eigenvalue weighted by atomic mass is 79.9. The summed E-state index contributed by atoms with van der Waals surface area (Å²) in [6.45, 7) is 6.64. The predicted octanol–water partition coefficient (Wildman–Crippen LogP) is 5.49. The molecule has 0 spiro atoms. The fourth-order valence-electron chi connectivity index (χ4n) is 2.38. The van der Waals surface area contributed by atoms with Crippen LogP contribution in [0, 0.1) is 6.92 Å². The zero-order valence-corrected chi connectivity index (χ0v) is 15.8. The minimum Gasteiger partial charge on any atom is -0.298 e. The van der Waals surface area contributed by atoms with Crippen LogP contribution in [0.4, 0.5) is 0 Å². The lowest BCUT2D eigenvalue weighted by atomic mass is 10.1. The number of rotatable bonds is 6. The highest BCUT2D eigenvalue weighted by molar-refractivity contribution is 9.10. The van der Waals surface area contributed by atoms with Crippen LogP contribution < -0.4 is 0 Å². The van der Waals surface area contributed by atoms with Gasteiger partial charge < -0.3 is 0 Å². The summed E-state index contributed by atoms with van der Waals surface area (Å²) >= 11 is 5.20. The average Bonchev–Trinajstić information content (AvgIpc) is 2.97.